The van der Waals surface area contributed by atoms with Crippen molar-refractivity contribution in [2.24, 2.45) is 5.73 Å². The molecule has 7 nitrogen and oxygen atoms in total. The Balaban J connectivity index is 1.42. The lowest BCUT2D eigenvalue weighted by Gasteiger charge is -2.27. The number of carbonyl (C=O) groups is 1. The fourth-order valence-electron chi connectivity index (χ4n) is 4.42. The van der Waals surface area contributed by atoms with Crippen LogP contribution < -0.4 is 24.7 Å². The van der Waals surface area contributed by atoms with Crippen LogP contribution in [0.4, 0.5) is 4.39 Å². The zero-order valence-corrected chi connectivity index (χ0v) is 21.8. The van der Waals surface area contributed by atoms with Gasteiger partial charge in [-0.15, -0.1) is 0 Å². The van der Waals surface area contributed by atoms with Gasteiger partial charge in [-0.25, -0.2) is 9.18 Å². The summed E-state index contributed by atoms with van der Waals surface area (Å²) in [5, 5.41) is 9.93. The Morgan fingerprint density at radius 2 is 1.75 bits per heavy atom. The monoisotopic (exact) mass is 536 g/mol. The van der Waals surface area contributed by atoms with Crippen LogP contribution in [-0.4, -0.2) is 13.1 Å². The Labute approximate surface area is 230 Å². The van der Waals surface area contributed by atoms with Crippen molar-refractivity contribution in [1.82, 2.24) is 0 Å². The molecule has 4 aromatic carbocycles. The molecule has 0 amide bonds. The van der Waals surface area contributed by atoms with Crippen LogP contribution in [0.2, 0.25) is 0 Å². The number of nitrogens with two attached hydrogens (primary N) is 1. The van der Waals surface area contributed by atoms with E-state index < -0.39 is 17.7 Å². The van der Waals surface area contributed by atoms with E-state index in [-0.39, 0.29) is 22.8 Å². The highest BCUT2D eigenvalue weighted by molar-refractivity contribution is 5.91. The van der Waals surface area contributed by atoms with Crippen LogP contribution in [-0.2, 0) is 6.61 Å². The minimum atomic E-state index is -0.653. The standard InChI is InChI=1S/C32H25FN2O5/c1-19-3-5-20(6-4-19)18-38-27-14-9-22(15-29(27)37-2)30-25-13-12-24(16-28(25)40-31(35)26(30)17-34)39-32(36)21-7-10-23(33)11-8-21/h3-16,30H,18,35H2,1-2H3. The van der Waals surface area contributed by atoms with Gasteiger partial charge in [0.25, 0.3) is 0 Å². The van der Waals surface area contributed by atoms with E-state index in [1.54, 1.807) is 31.4 Å². The number of nitrogens with zero attached hydrogens (tertiary/aromatic N) is 1. The van der Waals surface area contributed by atoms with Crippen molar-refractivity contribution in [1.29, 1.82) is 5.26 Å². The molecule has 8 heteroatoms. The molecule has 1 unspecified atom stereocenters. The molecule has 2 N–H and O–H groups in total. The number of esters is 1. The third-order valence-corrected chi connectivity index (χ3v) is 6.52. The van der Waals surface area contributed by atoms with Gasteiger partial charge in [-0.05, 0) is 60.5 Å². The summed E-state index contributed by atoms with van der Waals surface area (Å²) in [6.45, 7) is 2.39. The van der Waals surface area contributed by atoms with Crippen LogP contribution in [0.25, 0.3) is 0 Å². The lowest BCUT2D eigenvalue weighted by molar-refractivity contribution is 0.0734. The first kappa shape index (κ1) is 26.3. The van der Waals surface area contributed by atoms with E-state index in [4.69, 9.17) is 24.7 Å². The first-order valence-corrected chi connectivity index (χ1v) is 12.4. The minimum Gasteiger partial charge on any atom is -0.493 e. The Hall–Kier alpha value is -5.29. The summed E-state index contributed by atoms with van der Waals surface area (Å²) < 4.78 is 36.0. The zero-order valence-electron chi connectivity index (χ0n) is 21.8. The second-order valence-electron chi connectivity index (χ2n) is 9.21. The third-order valence-electron chi connectivity index (χ3n) is 6.52. The van der Waals surface area contributed by atoms with E-state index in [1.165, 1.54) is 35.9 Å². The van der Waals surface area contributed by atoms with Crippen LogP contribution in [0.3, 0.4) is 0 Å². The lowest BCUT2D eigenvalue weighted by Crippen LogP contribution is -2.21. The maximum atomic E-state index is 13.2. The number of fused-ring (bicyclic) bond motifs is 1. The predicted octanol–water partition coefficient (Wildman–Crippen LogP) is 6.16. The smallest absolute Gasteiger partial charge is 0.343 e. The first-order chi connectivity index (χ1) is 19.4. The highest BCUT2D eigenvalue weighted by Crippen LogP contribution is 2.45. The van der Waals surface area contributed by atoms with Crippen molar-refractivity contribution in [2.75, 3.05) is 7.11 Å². The van der Waals surface area contributed by atoms with E-state index in [2.05, 4.69) is 6.07 Å². The number of benzene rings is 4. The summed E-state index contributed by atoms with van der Waals surface area (Å²) in [7, 11) is 1.55. The number of ether oxygens (including phenoxy) is 4. The highest BCUT2D eigenvalue weighted by Gasteiger charge is 2.32. The number of halogens is 1. The molecule has 0 fully saturated rings. The second-order valence-corrected chi connectivity index (χ2v) is 9.21. The van der Waals surface area contributed by atoms with E-state index in [0.717, 1.165) is 11.1 Å². The first-order valence-electron chi connectivity index (χ1n) is 12.4. The molecule has 1 heterocycles. The molecule has 200 valence electrons. The number of hydrogen-bond acceptors (Lipinski definition) is 7. The molecule has 0 spiro atoms. The van der Waals surface area contributed by atoms with Crippen LogP contribution in [0.1, 0.15) is 38.5 Å². The van der Waals surface area contributed by atoms with Crippen molar-refractivity contribution >= 4 is 5.97 Å². The number of hydrogen-bond donors (Lipinski definition) is 1. The molecule has 1 atom stereocenters. The van der Waals surface area contributed by atoms with Crippen molar-refractivity contribution < 1.29 is 28.1 Å². The van der Waals surface area contributed by atoms with Crippen LogP contribution in [0.5, 0.6) is 23.0 Å². The molecule has 1 aliphatic rings. The minimum absolute atomic E-state index is 0.0549. The van der Waals surface area contributed by atoms with E-state index in [0.29, 0.717) is 29.4 Å². The van der Waals surface area contributed by atoms with Gasteiger partial charge in [0.05, 0.1) is 18.6 Å². The average Bonchev–Trinajstić information content (AvgIpc) is 2.96. The molecule has 4 aromatic rings. The number of aryl methyl sites for hydroxylation is 1. The molecule has 1 aliphatic heterocycles. The fraction of sp³-hybridized carbons (Fsp3) is 0.125. The van der Waals surface area contributed by atoms with Crippen molar-refractivity contribution in [3.63, 3.8) is 0 Å². The second kappa shape index (κ2) is 11.2. The maximum absolute atomic E-state index is 13.2. The summed E-state index contributed by atoms with van der Waals surface area (Å²) in [6, 6.07) is 25.5. The van der Waals surface area contributed by atoms with Gasteiger partial charge in [0.1, 0.15) is 35.6 Å². The number of nitriles is 1. The summed E-state index contributed by atoms with van der Waals surface area (Å²) in [5.74, 6) is -0.128. The quantitative estimate of drug-likeness (QED) is 0.223. The molecule has 0 bridgehead atoms. The molecular weight excluding hydrogens is 511 g/mol. The maximum Gasteiger partial charge on any atom is 0.343 e. The van der Waals surface area contributed by atoms with Crippen LogP contribution >= 0.6 is 0 Å². The third kappa shape index (κ3) is 5.45. The van der Waals surface area contributed by atoms with Gasteiger partial charge in [-0.2, -0.15) is 5.26 Å². The van der Waals surface area contributed by atoms with Gasteiger partial charge >= 0.3 is 5.97 Å². The Morgan fingerprint density at radius 3 is 2.45 bits per heavy atom. The molecular formula is C32H25FN2O5. The average molecular weight is 537 g/mol. The van der Waals surface area contributed by atoms with Crippen LogP contribution in [0.15, 0.2) is 96.4 Å². The molecule has 5 rings (SSSR count). The molecule has 0 saturated heterocycles. The Kier molecular flexibility index (Phi) is 7.38. The number of methoxy groups -OCH3 is 1. The topological polar surface area (TPSA) is 104 Å². The molecule has 0 aromatic heterocycles. The van der Waals surface area contributed by atoms with Crippen LogP contribution in [0, 0.1) is 24.1 Å². The fourth-order valence-corrected chi connectivity index (χ4v) is 4.42. The zero-order chi connectivity index (χ0) is 28.2. The van der Waals surface area contributed by atoms with E-state index in [9.17, 15) is 14.4 Å². The Bertz CT molecular complexity index is 1640. The normalized spacial score (nSPS) is 14.0. The Morgan fingerprint density at radius 1 is 1.00 bits per heavy atom. The lowest BCUT2D eigenvalue weighted by atomic mass is 9.83. The van der Waals surface area contributed by atoms with E-state index in [1.807, 2.05) is 37.3 Å². The van der Waals surface area contributed by atoms with Gasteiger partial charge in [-0.3, -0.25) is 0 Å². The van der Waals surface area contributed by atoms with Gasteiger partial charge in [0, 0.05) is 11.6 Å². The number of rotatable bonds is 7. The van der Waals surface area contributed by atoms with Gasteiger partial charge in [0.15, 0.2) is 11.5 Å². The highest BCUT2D eigenvalue weighted by atomic mass is 19.1. The number of carbonyl (C=O) groups excluding carboxylic acids is 1. The van der Waals surface area contributed by atoms with Gasteiger partial charge in [-0.1, -0.05) is 42.0 Å². The molecule has 0 radical (unpaired) electrons. The number of allylic oxidation sites excluding steroid dienone is 1. The SMILES string of the molecule is COc1cc(C2C(C#N)=C(N)Oc3cc(OC(=O)c4ccc(F)cc4)ccc32)ccc1OCc1ccc(C)cc1. The predicted molar refractivity (Wildman–Crippen MR) is 146 cm³/mol. The van der Waals surface area contributed by atoms with E-state index >= 15 is 0 Å². The van der Waals surface area contributed by atoms with Crippen molar-refractivity contribution in [2.45, 2.75) is 19.4 Å². The summed E-state index contributed by atoms with van der Waals surface area (Å²) in [5.41, 5.74) is 10.2. The van der Waals surface area contributed by atoms with Crippen molar-refractivity contribution in [3.05, 3.63) is 130 Å². The molecule has 0 saturated carbocycles. The molecule has 0 aliphatic carbocycles. The van der Waals surface area contributed by atoms with Crippen molar-refractivity contribution in [3.8, 4) is 29.1 Å². The van der Waals surface area contributed by atoms with Gasteiger partial charge in [0.2, 0.25) is 5.88 Å². The van der Waals surface area contributed by atoms with Gasteiger partial charge < -0.3 is 24.7 Å². The summed E-state index contributed by atoms with van der Waals surface area (Å²) in [6.07, 6.45) is 0. The largest absolute Gasteiger partial charge is 0.493 e. The summed E-state index contributed by atoms with van der Waals surface area (Å²) in [4.78, 5) is 12.5. The summed E-state index contributed by atoms with van der Waals surface area (Å²) >= 11 is 0. The molecule has 40 heavy (non-hydrogen) atoms.